The van der Waals surface area contributed by atoms with Crippen LogP contribution in [-0.4, -0.2) is 23.6 Å². The topological polar surface area (TPSA) is 118 Å². The summed E-state index contributed by atoms with van der Waals surface area (Å²) in [5, 5.41) is 28.6. The summed E-state index contributed by atoms with van der Waals surface area (Å²) in [7, 11) is -4.52. The average Bonchev–Trinajstić information content (AvgIpc) is 2.39. The number of nitro groups is 1. The summed E-state index contributed by atoms with van der Waals surface area (Å²) in [6, 6.07) is 2.53. The fourth-order valence-corrected chi connectivity index (χ4v) is 4.25. The molecule has 23 heavy (non-hydrogen) atoms. The van der Waals surface area contributed by atoms with Gasteiger partial charge in [-0.1, -0.05) is 23.2 Å². The van der Waals surface area contributed by atoms with Crippen LogP contribution >= 0.6 is 23.2 Å². The lowest BCUT2D eigenvalue weighted by atomic mass is 10.3. The molecule has 0 fully saturated rings. The van der Waals surface area contributed by atoms with E-state index in [4.69, 9.17) is 23.2 Å². The Morgan fingerprint density at radius 1 is 1.09 bits per heavy atom. The Hall–Kier alpha value is -2.10. The zero-order valence-electron chi connectivity index (χ0n) is 10.8. The standard InChI is InChI=1S/C12H6Cl2FNO6S/c13-7-1-5(15)2-8(14)12(7)23(21,22)6-3-9(16(19)20)11(18)10(17)4-6/h1-4,17-18H. The third-order valence-corrected chi connectivity index (χ3v) is 5.44. The highest BCUT2D eigenvalue weighted by molar-refractivity contribution is 7.91. The fourth-order valence-electron chi connectivity index (χ4n) is 1.78. The highest BCUT2D eigenvalue weighted by Crippen LogP contribution is 2.41. The summed E-state index contributed by atoms with van der Waals surface area (Å²) in [6.07, 6.45) is 0. The summed E-state index contributed by atoms with van der Waals surface area (Å²) in [6.45, 7) is 0. The van der Waals surface area contributed by atoms with Gasteiger partial charge in [0, 0.05) is 12.1 Å². The molecule has 11 heteroatoms. The van der Waals surface area contributed by atoms with Gasteiger partial charge in [0.15, 0.2) is 5.75 Å². The smallest absolute Gasteiger partial charge is 0.315 e. The van der Waals surface area contributed by atoms with Crippen LogP contribution in [0.15, 0.2) is 34.1 Å². The van der Waals surface area contributed by atoms with Crippen LogP contribution in [0.1, 0.15) is 0 Å². The van der Waals surface area contributed by atoms with Crippen molar-refractivity contribution in [1.29, 1.82) is 0 Å². The number of nitrogens with zero attached hydrogens (tertiary/aromatic N) is 1. The molecule has 0 unspecified atom stereocenters. The van der Waals surface area contributed by atoms with Gasteiger partial charge in [0.05, 0.1) is 19.9 Å². The van der Waals surface area contributed by atoms with Crippen LogP contribution in [0.5, 0.6) is 11.5 Å². The van der Waals surface area contributed by atoms with Gasteiger partial charge < -0.3 is 10.2 Å². The largest absolute Gasteiger partial charge is 0.504 e. The van der Waals surface area contributed by atoms with Crippen molar-refractivity contribution in [2.45, 2.75) is 9.79 Å². The van der Waals surface area contributed by atoms with E-state index in [2.05, 4.69) is 0 Å². The number of aromatic hydroxyl groups is 2. The van der Waals surface area contributed by atoms with Gasteiger partial charge in [-0.15, -0.1) is 0 Å². The number of phenolic OH excluding ortho intramolecular Hbond substituents is 2. The van der Waals surface area contributed by atoms with E-state index < -0.39 is 57.6 Å². The molecular weight excluding hydrogens is 376 g/mol. The second kappa shape index (κ2) is 5.84. The normalized spacial score (nSPS) is 11.4. The molecule has 0 aromatic heterocycles. The lowest BCUT2D eigenvalue weighted by molar-refractivity contribution is -0.386. The van der Waals surface area contributed by atoms with Crippen molar-refractivity contribution in [2.75, 3.05) is 0 Å². The number of hydrogen-bond donors (Lipinski definition) is 2. The number of halogens is 3. The summed E-state index contributed by atoms with van der Waals surface area (Å²) >= 11 is 11.4. The van der Waals surface area contributed by atoms with Crippen molar-refractivity contribution in [1.82, 2.24) is 0 Å². The minimum atomic E-state index is -4.52. The van der Waals surface area contributed by atoms with Crippen LogP contribution in [0.4, 0.5) is 10.1 Å². The van der Waals surface area contributed by atoms with Gasteiger partial charge >= 0.3 is 5.69 Å². The first-order chi connectivity index (χ1) is 10.6. The summed E-state index contributed by atoms with van der Waals surface area (Å²) < 4.78 is 38.2. The zero-order chi connectivity index (χ0) is 17.5. The lowest BCUT2D eigenvalue weighted by Gasteiger charge is -2.10. The molecule has 0 heterocycles. The molecule has 0 radical (unpaired) electrons. The second-order valence-corrected chi connectivity index (χ2v) is 6.97. The Morgan fingerprint density at radius 2 is 1.61 bits per heavy atom. The van der Waals surface area contributed by atoms with E-state index in [-0.39, 0.29) is 0 Å². The Balaban J connectivity index is 2.78. The van der Waals surface area contributed by atoms with E-state index in [1.54, 1.807) is 0 Å². The van der Waals surface area contributed by atoms with Crippen molar-refractivity contribution in [2.24, 2.45) is 0 Å². The third kappa shape index (κ3) is 3.03. The Kier molecular flexibility index (Phi) is 4.38. The second-order valence-electron chi connectivity index (χ2n) is 4.27. The van der Waals surface area contributed by atoms with Gasteiger partial charge in [0.25, 0.3) is 0 Å². The highest BCUT2D eigenvalue weighted by atomic mass is 35.5. The van der Waals surface area contributed by atoms with Crippen LogP contribution in [0.25, 0.3) is 0 Å². The van der Waals surface area contributed by atoms with Crippen molar-refractivity contribution < 1.29 is 27.9 Å². The molecule has 0 aliphatic carbocycles. The number of rotatable bonds is 3. The van der Waals surface area contributed by atoms with E-state index in [1.165, 1.54) is 0 Å². The van der Waals surface area contributed by atoms with Gasteiger partial charge in [-0.3, -0.25) is 10.1 Å². The van der Waals surface area contributed by atoms with Crippen molar-refractivity contribution in [3.05, 3.63) is 50.2 Å². The molecule has 0 saturated heterocycles. The van der Waals surface area contributed by atoms with E-state index in [0.717, 1.165) is 0 Å². The SMILES string of the molecule is O=[N+]([O-])c1cc(S(=O)(=O)c2c(Cl)cc(F)cc2Cl)cc(O)c1O. The van der Waals surface area contributed by atoms with Crippen molar-refractivity contribution >= 4 is 38.7 Å². The number of benzene rings is 2. The van der Waals surface area contributed by atoms with E-state index in [1.807, 2.05) is 0 Å². The Bertz CT molecular complexity index is 908. The minimum absolute atomic E-state index is 0.528. The van der Waals surface area contributed by atoms with E-state index in [9.17, 15) is 33.1 Å². The number of sulfone groups is 1. The van der Waals surface area contributed by atoms with Crippen LogP contribution in [0.2, 0.25) is 10.0 Å². The average molecular weight is 382 g/mol. The molecular formula is C12H6Cl2FNO6S. The third-order valence-electron chi connectivity index (χ3n) is 2.78. The van der Waals surface area contributed by atoms with Gasteiger partial charge in [-0.05, 0) is 12.1 Å². The maximum absolute atomic E-state index is 13.2. The molecule has 2 rings (SSSR count). The molecule has 7 nitrogen and oxygen atoms in total. The number of hydrogen-bond acceptors (Lipinski definition) is 6. The predicted molar refractivity (Wildman–Crippen MR) is 78.3 cm³/mol. The van der Waals surface area contributed by atoms with Crippen molar-refractivity contribution in [3.63, 3.8) is 0 Å². The molecule has 2 N–H and O–H groups in total. The summed E-state index contributed by atoms with van der Waals surface area (Å²) in [4.78, 5) is 8.30. The molecule has 0 atom stereocenters. The van der Waals surface area contributed by atoms with Crippen LogP contribution < -0.4 is 0 Å². The van der Waals surface area contributed by atoms with Crippen molar-refractivity contribution in [3.8, 4) is 11.5 Å². The predicted octanol–water partition coefficient (Wildman–Crippen LogP) is 3.28. The first kappa shape index (κ1) is 17.3. The van der Waals surface area contributed by atoms with E-state index in [0.29, 0.717) is 24.3 Å². The molecule has 0 amide bonds. The Labute approximate surface area is 138 Å². The lowest BCUT2D eigenvalue weighted by Crippen LogP contribution is -2.05. The minimum Gasteiger partial charge on any atom is -0.504 e. The Morgan fingerprint density at radius 3 is 2.09 bits per heavy atom. The first-order valence-corrected chi connectivity index (χ1v) is 7.89. The highest BCUT2D eigenvalue weighted by Gasteiger charge is 2.29. The zero-order valence-corrected chi connectivity index (χ0v) is 13.2. The molecule has 0 bridgehead atoms. The maximum atomic E-state index is 13.2. The molecule has 0 saturated carbocycles. The van der Waals surface area contributed by atoms with Crippen LogP contribution in [0, 0.1) is 15.9 Å². The van der Waals surface area contributed by atoms with Crippen LogP contribution in [-0.2, 0) is 9.84 Å². The monoisotopic (exact) mass is 381 g/mol. The molecule has 0 aliphatic rings. The fraction of sp³-hybridized carbons (Fsp3) is 0. The van der Waals surface area contributed by atoms with Crippen LogP contribution in [0.3, 0.4) is 0 Å². The van der Waals surface area contributed by atoms with E-state index >= 15 is 0 Å². The molecule has 2 aromatic carbocycles. The first-order valence-electron chi connectivity index (χ1n) is 5.65. The summed E-state index contributed by atoms with van der Waals surface area (Å²) in [5.41, 5.74) is -1.03. The van der Waals surface area contributed by atoms with Gasteiger partial charge in [-0.2, -0.15) is 0 Å². The number of phenols is 2. The summed E-state index contributed by atoms with van der Waals surface area (Å²) in [5.74, 6) is -2.99. The maximum Gasteiger partial charge on any atom is 0.315 e. The van der Waals surface area contributed by atoms with Gasteiger partial charge in [0.2, 0.25) is 15.6 Å². The molecule has 2 aromatic rings. The quantitative estimate of drug-likeness (QED) is 0.364. The molecule has 0 spiro atoms. The molecule has 0 aliphatic heterocycles. The molecule has 122 valence electrons. The van der Waals surface area contributed by atoms with Gasteiger partial charge in [-0.25, -0.2) is 12.8 Å². The number of nitro benzene ring substituents is 1. The van der Waals surface area contributed by atoms with Gasteiger partial charge in [0.1, 0.15) is 10.7 Å².